The number of rotatable bonds is 6. The van der Waals surface area contributed by atoms with Gasteiger partial charge >= 0.3 is 6.18 Å². The van der Waals surface area contributed by atoms with Gasteiger partial charge in [0.05, 0.1) is 24.0 Å². The fourth-order valence-electron chi connectivity index (χ4n) is 3.69. The summed E-state index contributed by atoms with van der Waals surface area (Å²) >= 11 is 6.19. The maximum atomic E-state index is 13.2. The number of imide groups is 1. The zero-order chi connectivity index (χ0) is 26.9. The van der Waals surface area contributed by atoms with Crippen molar-refractivity contribution in [3.8, 4) is 5.75 Å². The molecule has 3 amide bonds. The second-order valence-corrected chi connectivity index (χ2v) is 8.39. The molecular formula is C26H19ClF3N3O4. The molecule has 3 aromatic rings. The maximum absolute atomic E-state index is 13.2. The normalized spacial score (nSPS) is 13.7. The fraction of sp³-hybridized carbons (Fsp3) is 0.115. The standard InChI is InChI=1S/C26H19ClF3N3O4/c1-14-7-12-20(37-2)19(13-14)33-24(35)21(27)22(25(33)36)31-16-10-8-15(9-11-16)23(34)32-18-6-4-3-5-17(18)26(28,29)30/h3-13,31H,1-2H3,(H,32,34). The molecule has 2 N–H and O–H groups in total. The number of hydrogen-bond donors (Lipinski definition) is 2. The highest BCUT2D eigenvalue weighted by Crippen LogP contribution is 2.37. The van der Waals surface area contributed by atoms with Crippen LogP contribution in [0.25, 0.3) is 0 Å². The van der Waals surface area contributed by atoms with Gasteiger partial charge in [-0.05, 0) is 61.0 Å². The van der Waals surface area contributed by atoms with Crippen LogP contribution in [0.15, 0.2) is 77.5 Å². The number of benzene rings is 3. The van der Waals surface area contributed by atoms with E-state index in [9.17, 15) is 27.6 Å². The number of halogens is 4. The molecule has 0 radical (unpaired) electrons. The van der Waals surface area contributed by atoms with Gasteiger partial charge in [0.1, 0.15) is 16.5 Å². The quantitative estimate of drug-likeness (QED) is 0.399. The molecule has 0 fully saturated rings. The Bertz CT molecular complexity index is 1440. The van der Waals surface area contributed by atoms with Crippen LogP contribution in [0.2, 0.25) is 0 Å². The van der Waals surface area contributed by atoms with Crippen LogP contribution in [0.5, 0.6) is 5.75 Å². The Morgan fingerprint density at radius 1 is 0.973 bits per heavy atom. The monoisotopic (exact) mass is 529 g/mol. The number of para-hydroxylation sites is 1. The second-order valence-electron chi connectivity index (χ2n) is 8.01. The number of amides is 3. The van der Waals surface area contributed by atoms with Crippen molar-refractivity contribution in [2.75, 3.05) is 22.6 Å². The Labute approximate surface area is 214 Å². The Hall–Kier alpha value is -4.31. The predicted octanol–water partition coefficient (Wildman–Crippen LogP) is 5.71. The highest BCUT2D eigenvalue weighted by molar-refractivity contribution is 6.53. The summed E-state index contributed by atoms with van der Waals surface area (Å²) < 4.78 is 44.9. The van der Waals surface area contributed by atoms with E-state index < -0.39 is 29.5 Å². The Morgan fingerprint density at radius 2 is 1.65 bits per heavy atom. The molecule has 0 aliphatic carbocycles. The van der Waals surface area contributed by atoms with Crippen molar-refractivity contribution in [1.82, 2.24) is 0 Å². The average molecular weight is 530 g/mol. The van der Waals surface area contributed by atoms with Crippen molar-refractivity contribution in [2.24, 2.45) is 0 Å². The summed E-state index contributed by atoms with van der Waals surface area (Å²) in [5.74, 6) is -1.90. The third-order valence-corrected chi connectivity index (χ3v) is 5.85. The largest absolute Gasteiger partial charge is 0.495 e. The van der Waals surface area contributed by atoms with E-state index in [0.29, 0.717) is 11.4 Å². The van der Waals surface area contributed by atoms with Crippen LogP contribution < -0.4 is 20.3 Å². The molecule has 0 saturated heterocycles. The molecule has 11 heteroatoms. The molecule has 1 aliphatic rings. The van der Waals surface area contributed by atoms with E-state index in [1.54, 1.807) is 25.1 Å². The van der Waals surface area contributed by atoms with Crippen molar-refractivity contribution in [3.05, 3.63) is 94.1 Å². The number of methoxy groups -OCH3 is 1. The van der Waals surface area contributed by atoms with Crippen molar-refractivity contribution < 1.29 is 32.3 Å². The fourth-order valence-corrected chi connectivity index (χ4v) is 3.90. The van der Waals surface area contributed by atoms with Gasteiger partial charge < -0.3 is 15.4 Å². The molecule has 3 aromatic carbocycles. The highest BCUT2D eigenvalue weighted by atomic mass is 35.5. The minimum absolute atomic E-state index is 0.0718. The Balaban J connectivity index is 1.52. The Kier molecular flexibility index (Phi) is 6.95. The maximum Gasteiger partial charge on any atom is 0.418 e. The molecule has 1 aliphatic heterocycles. The number of aryl methyl sites for hydroxylation is 1. The van der Waals surface area contributed by atoms with Crippen molar-refractivity contribution in [2.45, 2.75) is 13.1 Å². The third kappa shape index (κ3) is 5.14. The van der Waals surface area contributed by atoms with Crippen LogP contribution in [0, 0.1) is 6.92 Å². The minimum Gasteiger partial charge on any atom is -0.495 e. The number of anilines is 3. The van der Waals surface area contributed by atoms with Crippen molar-refractivity contribution in [3.63, 3.8) is 0 Å². The summed E-state index contributed by atoms with van der Waals surface area (Å²) in [5.41, 5.74) is -0.101. The number of hydrogen-bond acceptors (Lipinski definition) is 5. The molecule has 1 heterocycles. The first-order valence-electron chi connectivity index (χ1n) is 10.8. The van der Waals surface area contributed by atoms with Crippen LogP contribution >= 0.6 is 11.6 Å². The molecule has 4 rings (SSSR count). The van der Waals surface area contributed by atoms with Crippen LogP contribution in [0.3, 0.4) is 0 Å². The molecule has 37 heavy (non-hydrogen) atoms. The summed E-state index contributed by atoms with van der Waals surface area (Å²) in [6, 6.07) is 15.2. The third-order valence-electron chi connectivity index (χ3n) is 5.50. The van der Waals surface area contributed by atoms with E-state index >= 15 is 0 Å². The molecular weight excluding hydrogens is 511 g/mol. The van der Waals surface area contributed by atoms with Gasteiger partial charge in [-0.2, -0.15) is 13.2 Å². The average Bonchev–Trinajstić information content (AvgIpc) is 3.07. The highest BCUT2D eigenvalue weighted by Gasteiger charge is 2.40. The summed E-state index contributed by atoms with van der Waals surface area (Å²) in [4.78, 5) is 39.3. The van der Waals surface area contributed by atoms with Gasteiger partial charge in [-0.15, -0.1) is 0 Å². The number of carbonyl (C=O) groups is 3. The number of alkyl halides is 3. The minimum atomic E-state index is -4.63. The molecule has 0 spiro atoms. The second kappa shape index (κ2) is 9.98. The number of ether oxygens (including phenoxy) is 1. The zero-order valence-corrected chi connectivity index (χ0v) is 20.2. The first-order valence-corrected chi connectivity index (χ1v) is 11.2. The van der Waals surface area contributed by atoms with Crippen molar-refractivity contribution >= 4 is 46.4 Å². The summed E-state index contributed by atoms with van der Waals surface area (Å²) in [7, 11) is 1.41. The summed E-state index contributed by atoms with van der Waals surface area (Å²) in [6.45, 7) is 1.79. The van der Waals surface area contributed by atoms with E-state index in [1.807, 2.05) is 0 Å². The van der Waals surface area contributed by atoms with E-state index in [2.05, 4.69) is 10.6 Å². The SMILES string of the molecule is COc1ccc(C)cc1N1C(=O)C(Cl)=C(Nc2ccc(C(=O)Nc3ccccc3C(F)(F)F)cc2)C1=O. The Morgan fingerprint density at radius 3 is 2.30 bits per heavy atom. The van der Waals surface area contributed by atoms with E-state index in [-0.39, 0.29) is 27.7 Å². The summed E-state index contributed by atoms with van der Waals surface area (Å²) in [6.07, 6.45) is -4.63. The topological polar surface area (TPSA) is 87.7 Å². The summed E-state index contributed by atoms with van der Waals surface area (Å²) in [5, 5.41) is 4.71. The van der Waals surface area contributed by atoms with Gasteiger partial charge in [-0.1, -0.05) is 29.8 Å². The molecule has 0 atom stereocenters. The predicted molar refractivity (Wildman–Crippen MR) is 133 cm³/mol. The van der Waals surface area contributed by atoms with Crippen LogP contribution in [0.4, 0.5) is 30.2 Å². The first-order chi connectivity index (χ1) is 17.5. The molecule has 7 nitrogen and oxygen atoms in total. The van der Waals surface area contributed by atoms with E-state index in [4.69, 9.17) is 16.3 Å². The smallest absolute Gasteiger partial charge is 0.418 e. The van der Waals surface area contributed by atoms with Gasteiger partial charge in [-0.3, -0.25) is 14.4 Å². The van der Waals surface area contributed by atoms with Crippen LogP contribution in [-0.2, 0) is 15.8 Å². The lowest BCUT2D eigenvalue weighted by Crippen LogP contribution is -2.32. The molecule has 190 valence electrons. The lowest BCUT2D eigenvalue weighted by molar-refractivity contribution is -0.137. The van der Waals surface area contributed by atoms with Gasteiger partial charge in [0, 0.05) is 11.3 Å². The van der Waals surface area contributed by atoms with E-state index in [1.165, 1.54) is 43.5 Å². The lowest BCUT2D eigenvalue weighted by Gasteiger charge is -2.18. The molecule has 0 unspecified atom stereocenters. The number of nitrogens with zero attached hydrogens (tertiary/aromatic N) is 1. The van der Waals surface area contributed by atoms with Crippen LogP contribution in [0.1, 0.15) is 21.5 Å². The number of carbonyl (C=O) groups excluding carboxylic acids is 3. The van der Waals surface area contributed by atoms with Gasteiger partial charge in [0.15, 0.2) is 0 Å². The molecule has 0 bridgehead atoms. The van der Waals surface area contributed by atoms with Crippen LogP contribution in [-0.4, -0.2) is 24.8 Å². The van der Waals surface area contributed by atoms with E-state index in [0.717, 1.165) is 22.6 Å². The van der Waals surface area contributed by atoms with Crippen molar-refractivity contribution in [1.29, 1.82) is 0 Å². The van der Waals surface area contributed by atoms with Gasteiger partial charge in [-0.25, -0.2) is 4.90 Å². The lowest BCUT2D eigenvalue weighted by atomic mass is 10.1. The first kappa shape index (κ1) is 25.8. The van der Waals surface area contributed by atoms with Gasteiger partial charge in [0.2, 0.25) is 0 Å². The molecule has 0 saturated carbocycles. The van der Waals surface area contributed by atoms with Gasteiger partial charge in [0.25, 0.3) is 17.7 Å². The zero-order valence-electron chi connectivity index (χ0n) is 19.4. The number of nitrogens with one attached hydrogen (secondary N) is 2. The molecule has 0 aromatic heterocycles.